The van der Waals surface area contributed by atoms with Gasteiger partial charge in [-0.15, -0.1) is 0 Å². The van der Waals surface area contributed by atoms with Crippen molar-refractivity contribution in [3.8, 4) is 0 Å². The maximum absolute atomic E-state index is 10.8. The molecule has 0 amide bonds. The Bertz CT molecular complexity index is 902. The van der Waals surface area contributed by atoms with Crippen LogP contribution in [0.1, 0.15) is 31.7 Å². The predicted molar refractivity (Wildman–Crippen MR) is 118 cm³/mol. The van der Waals surface area contributed by atoms with E-state index in [-0.39, 0.29) is 5.69 Å². The van der Waals surface area contributed by atoms with Gasteiger partial charge in [-0.2, -0.15) is 20.1 Å². The molecule has 3 heterocycles. The zero-order valence-corrected chi connectivity index (χ0v) is 17.5. The molecule has 0 radical (unpaired) electrons. The van der Waals surface area contributed by atoms with Crippen LogP contribution in [-0.2, 0) is 4.74 Å². The number of non-ortho nitro benzene ring substituents is 1. The number of hydrazone groups is 1. The lowest BCUT2D eigenvalue weighted by atomic mass is 10.1. The summed E-state index contributed by atoms with van der Waals surface area (Å²) in [6, 6.07) is 6.26. The van der Waals surface area contributed by atoms with Crippen molar-refractivity contribution >= 4 is 29.2 Å². The number of rotatable bonds is 6. The minimum absolute atomic E-state index is 0.0447. The average molecular weight is 426 g/mol. The Balaban J connectivity index is 1.56. The molecule has 11 nitrogen and oxygen atoms in total. The first kappa shape index (κ1) is 20.9. The van der Waals surface area contributed by atoms with Gasteiger partial charge in [-0.05, 0) is 43.9 Å². The van der Waals surface area contributed by atoms with Crippen molar-refractivity contribution in [1.29, 1.82) is 0 Å². The van der Waals surface area contributed by atoms with Crippen LogP contribution in [0, 0.1) is 10.1 Å². The Morgan fingerprint density at radius 1 is 1.00 bits per heavy atom. The molecular weight excluding hydrogens is 400 g/mol. The van der Waals surface area contributed by atoms with Crippen molar-refractivity contribution in [2.45, 2.75) is 26.2 Å². The molecule has 1 aromatic heterocycles. The second kappa shape index (κ2) is 9.65. The quantitative estimate of drug-likeness (QED) is 0.421. The first-order chi connectivity index (χ1) is 15.1. The molecule has 2 aliphatic heterocycles. The van der Waals surface area contributed by atoms with Gasteiger partial charge in [0.1, 0.15) is 0 Å². The van der Waals surface area contributed by atoms with E-state index in [1.54, 1.807) is 12.1 Å². The summed E-state index contributed by atoms with van der Waals surface area (Å²) in [7, 11) is 0. The summed E-state index contributed by atoms with van der Waals surface area (Å²) in [5, 5.41) is 15.2. The molecule has 1 aromatic carbocycles. The molecule has 0 atom stereocenters. The van der Waals surface area contributed by atoms with Gasteiger partial charge in [0, 0.05) is 38.3 Å². The third-order valence-electron chi connectivity index (χ3n) is 5.36. The molecular formula is C20H26N8O3. The maximum Gasteiger partial charge on any atom is 0.269 e. The van der Waals surface area contributed by atoms with Crippen LogP contribution in [0.25, 0.3) is 0 Å². The van der Waals surface area contributed by atoms with Gasteiger partial charge >= 0.3 is 0 Å². The lowest BCUT2D eigenvalue weighted by molar-refractivity contribution is -0.384. The van der Waals surface area contributed by atoms with Crippen LogP contribution in [0.3, 0.4) is 0 Å². The molecule has 31 heavy (non-hydrogen) atoms. The maximum atomic E-state index is 10.8. The lowest BCUT2D eigenvalue weighted by Gasteiger charge is -2.30. The number of hydrogen-bond acceptors (Lipinski definition) is 10. The number of hydrogen-bond donors (Lipinski definition) is 1. The number of piperidine rings is 1. The zero-order valence-electron chi connectivity index (χ0n) is 17.5. The number of nitrogens with one attached hydrogen (secondary N) is 1. The van der Waals surface area contributed by atoms with Gasteiger partial charge in [-0.25, -0.2) is 5.43 Å². The Morgan fingerprint density at radius 3 is 2.23 bits per heavy atom. The fraction of sp³-hybridized carbons (Fsp3) is 0.500. The summed E-state index contributed by atoms with van der Waals surface area (Å²) in [5.41, 5.74) is 4.44. The molecule has 2 aliphatic rings. The summed E-state index contributed by atoms with van der Waals surface area (Å²) >= 11 is 0. The molecule has 0 bridgehead atoms. The van der Waals surface area contributed by atoms with Crippen molar-refractivity contribution in [2.24, 2.45) is 5.10 Å². The van der Waals surface area contributed by atoms with Gasteiger partial charge < -0.3 is 14.5 Å². The van der Waals surface area contributed by atoms with Gasteiger partial charge in [-0.3, -0.25) is 10.1 Å². The van der Waals surface area contributed by atoms with E-state index in [2.05, 4.69) is 30.3 Å². The number of benzene rings is 1. The normalized spacial score (nSPS) is 17.5. The minimum atomic E-state index is -0.422. The number of nitrogens with zero attached hydrogens (tertiary/aromatic N) is 7. The molecule has 2 aromatic rings. The van der Waals surface area contributed by atoms with Crippen LogP contribution >= 0.6 is 0 Å². The van der Waals surface area contributed by atoms with E-state index in [4.69, 9.17) is 9.72 Å². The largest absolute Gasteiger partial charge is 0.378 e. The van der Waals surface area contributed by atoms with Crippen molar-refractivity contribution in [1.82, 2.24) is 15.0 Å². The van der Waals surface area contributed by atoms with Crippen molar-refractivity contribution in [2.75, 3.05) is 54.6 Å². The van der Waals surface area contributed by atoms with Crippen molar-refractivity contribution < 1.29 is 9.66 Å². The number of anilines is 3. The molecule has 0 aliphatic carbocycles. The molecule has 0 spiro atoms. The SMILES string of the molecule is C/C(=N/Nc1nc(N2CCCCC2)nc(N2CCOCC2)n1)c1ccc([N+](=O)[O-])cc1. The highest BCUT2D eigenvalue weighted by Gasteiger charge is 2.20. The van der Waals surface area contributed by atoms with Crippen molar-refractivity contribution in [3.05, 3.63) is 39.9 Å². The first-order valence-electron chi connectivity index (χ1n) is 10.5. The predicted octanol–water partition coefficient (Wildman–Crippen LogP) is 2.44. The Kier molecular flexibility index (Phi) is 6.51. The zero-order chi connectivity index (χ0) is 21.6. The van der Waals surface area contributed by atoms with E-state index in [0.29, 0.717) is 36.8 Å². The highest BCUT2D eigenvalue weighted by atomic mass is 16.6. The number of nitro groups is 1. The van der Waals surface area contributed by atoms with E-state index in [0.717, 1.165) is 44.6 Å². The number of nitro benzene ring substituents is 1. The summed E-state index contributed by atoms with van der Waals surface area (Å²) < 4.78 is 5.45. The summed E-state index contributed by atoms with van der Waals surface area (Å²) in [5.74, 6) is 1.64. The molecule has 164 valence electrons. The average Bonchev–Trinajstić information content (AvgIpc) is 2.83. The third kappa shape index (κ3) is 5.23. The molecule has 11 heteroatoms. The van der Waals surface area contributed by atoms with E-state index >= 15 is 0 Å². The van der Waals surface area contributed by atoms with Gasteiger partial charge in [0.25, 0.3) is 5.69 Å². The summed E-state index contributed by atoms with van der Waals surface area (Å²) in [4.78, 5) is 28.6. The summed E-state index contributed by atoms with van der Waals surface area (Å²) in [6.45, 7) is 6.43. The van der Waals surface area contributed by atoms with Crippen molar-refractivity contribution in [3.63, 3.8) is 0 Å². The molecule has 4 rings (SSSR count). The monoisotopic (exact) mass is 426 g/mol. The fourth-order valence-electron chi connectivity index (χ4n) is 3.57. The molecule has 2 fully saturated rings. The van der Waals surface area contributed by atoms with Gasteiger partial charge in [0.2, 0.25) is 17.8 Å². The van der Waals surface area contributed by atoms with Crippen LogP contribution in [0.2, 0.25) is 0 Å². The van der Waals surface area contributed by atoms with Gasteiger partial charge in [-0.1, -0.05) is 0 Å². The Morgan fingerprint density at radius 2 is 1.61 bits per heavy atom. The van der Waals surface area contributed by atoms with E-state index in [1.807, 2.05) is 6.92 Å². The second-order valence-electron chi connectivity index (χ2n) is 7.52. The molecule has 2 saturated heterocycles. The lowest BCUT2D eigenvalue weighted by Crippen LogP contribution is -2.38. The smallest absolute Gasteiger partial charge is 0.269 e. The van der Waals surface area contributed by atoms with Gasteiger partial charge in [0.05, 0.1) is 23.8 Å². The second-order valence-corrected chi connectivity index (χ2v) is 7.52. The van der Waals surface area contributed by atoms with Crippen LogP contribution in [0.4, 0.5) is 23.5 Å². The van der Waals surface area contributed by atoms with Crippen LogP contribution in [0.5, 0.6) is 0 Å². The molecule has 0 unspecified atom stereocenters. The number of aromatic nitrogens is 3. The highest BCUT2D eigenvalue weighted by molar-refractivity contribution is 5.99. The first-order valence-corrected chi connectivity index (χ1v) is 10.5. The Hall–Kier alpha value is -3.34. The van der Waals surface area contributed by atoms with E-state index in [1.165, 1.54) is 18.6 Å². The van der Waals surface area contributed by atoms with Gasteiger partial charge in [0.15, 0.2) is 0 Å². The number of ether oxygens (including phenoxy) is 1. The van der Waals surface area contributed by atoms with Crippen LogP contribution in [-0.4, -0.2) is 65.0 Å². The topological polar surface area (TPSA) is 122 Å². The number of morpholine rings is 1. The van der Waals surface area contributed by atoms with Crippen LogP contribution < -0.4 is 15.2 Å². The minimum Gasteiger partial charge on any atom is -0.378 e. The standard InChI is InChI=1S/C20H26N8O3/c1-15(16-5-7-17(8-6-16)28(29)30)24-25-18-21-19(26-9-3-2-4-10-26)23-20(22-18)27-11-13-31-14-12-27/h5-8H,2-4,9-14H2,1H3,(H,21,22,23,25)/b24-15-. The molecule has 1 N–H and O–H groups in total. The van der Waals surface area contributed by atoms with E-state index < -0.39 is 4.92 Å². The highest BCUT2D eigenvalue weighted by Crippen LogP contribution is 2.21. The third-order valence-corrected chi connectivity index (χ3v) is 5.36. The van der Waals surface area contributed by atoms with Crippen LogP contribution in [0.15, 0.2) is 29.4 Å². The molecule has 0 saturated carbocycles. The Labute approximate surface area is 180 Å². The summed E-state index contributed by atoms with van der Waals surface area (Å²) in [6.07, 6.45) is 3.47. The fourth-order valence-corrected chi connectivity index (χ4v) is 3.57. The van der Waals surface area contributed by atoms with E-state index in [9.17, 15) is 10.1 Å².